The summed E-state index contributed by atoms with van der Waals surface area (Å²) in [6, 6.07) is 11.6. The SMILES string of the molecule is CN1CCN(Cc2ccc(NC(=O)c3n[nH]c4ccc(-c5cncc(CN6CCC(F)(F)CC6)c5)cc34)cn2)CC1. The predicted octanol–water partition coefficient (Wildman–Crippen LogP) is 4.25. The number of halogens is 2. The van der Waals surface area contributed by atoms with Crippen LogP contribution in [-0.2, 0) is 13.1 Å². The normalized spacial score (nSPS) is 18.5. The van der Waals surface area contributed by atoms with Crippen LogP contribution in [0.3, 0.4) is 0 Å². The first-order valence-corrected chi connectivity index (χ1v) is 14.0. The topological polar surface area (TPSA) is 93.3 Å². The molecule has 1 aromatic carbocycles. The number of H-pyrrole nitrogens is 1. The van der Waals surface area contributed by atoms with Crippen LogP contribution in [-0.4, -0.2) is 93.0 Å². The summed E-state index contributed by atoms with van der Waals surface area (Å²) in [5, 5.41) is 10.8. The molecule has 2 N–H and O–H groups in total. The van der Waals surface area contributed by atoms with Crippen molar-refractivity contribution in [1.82, 2.24) is 34.9 Å². The molecule has 0 aliphatic carbocycles. The Bertz CT molecular complexity index is 1500. The van der Waals surface area contributed by atoms with Gasteiger partial charge in [-0.15, -0.1) is 0 Å². The first kappa shape index (κ1) is 27.4. The number of aromatic nitrogens is 4. The van der Waals surface area contributed by atoms with E-state index in [0.29, 0.717) is 36.4 Å². The zero-order chi connectivity index (χ0) is 28.4. The number of piperidine rings is 1. The van der Waals surface area contributed by atoms with Crippen LogP contribution in [0.1, 0.15) is 34.6 Å². The Balaban J connectivity index is 1.13. The van der Waals surface area contributed by atoms with Crippen molar-refractivity contribution >= 4 is 22.5 Å². The number of rotatable bonds is 7. The maximum atomic E-state index is 13.5. The summed E-state index contributed by atoms with van der Waals surface area (Å²) in [5.74, 6) is -2.89. The van der Waals surface area contributed by atoms with Crippen LogP contribution < -0.4 is 5.32 Å². The summed E-state index contributed by atoms with van der Waals surface area (Å²) in [6.07, 6.45) is 5.00. The third-order valence-corrected chi connectivity index (χ3v) is 7.96. The Labute approximate surface area is 237 Å². The number of alkyl halides is 2. The van der Waals surface area contributed by atoms with E-state index in [0.717, 1.165) is 60.6 Å². The number of likely N-dealkylation sites (tertiary alicyclic amines) is 1. The van der Waals surface area contributed by atoms with Crippen LogP contribution in [0.25, 0.3) is 22.0 Å². The standard InChI is InChI=1S/C30H34F2N8O/c1-38-10-12-40(13-11-38)20-25-4-3-24(18-34-25)35-29(41)28-26-15-22(2-5-27(26)36-37-28)23-14-21(16-33-17-23)19-39-8-6-30(31,32)7-9-39/h2-5,14-18H,6-13,19-20H2,1H3,(H,35,41)(H,36,37). The molecule has 0 spiro atoms. The second-order valence-electron chi connectivity index (χ2n) is 11.1. The van der Waals surface area contributed by atoms with Gasteiger partial charge in [0.05, 0.1) is 23.1 Å². The minimum Gasteiger partial charge on any atom is -0.319 e. The number of hydrogen-bond acceptors (Lipinski definition) is 7. The molecule has 4 aromatic rings. The van der Waals surface area contributed by atoms with Gasteiger partial charge in [-0.2, -0.15) is 5.10 Å². The molecule has 0 radical (unpaired) electrons. The van der Waals surface area contributed by atoms with Gasteiger partial charge in [0, 0.05) is 88.5 Å². The van der Waals surface area contributed by atoms with E-state index in [4.69, 9.17) is 0 Å². The summed E-state index contributed by atoms with van der Waals surface area (Å²) >= 11 is 0. The lowest BCUT2D eigenvalue weighted by Gasteiger charge is -2.32. The monoisotopic (exact) mass is 560 g/mol. The molecule has 41 heavy (non-hydrogen) atoms. The third-order valence-electron chi connectivity index (χ3n) is 7.96. The van der Waals surface area contributed by atoms with Crippen molar-refractivity contribution in [3.8, 4) is 11.1 Å². The third kappa shape index (κ3) is 6.58. The fourth-order valence-corrected chi connectivity index (χ4v) is 5.41. The highest BCUT2D eigenvalue weighted by molar-refractivity contribution is 6.11. The number of anilines is 1. The number of nitrogens with zero attached hydrogens (tertiary/aromatic N) is 6. The lowest BCUT2D eigenvalue weighted by Crippen LogP contribution is -2.43. The van der Waals surface area contributed by atoms with Gasteiger partial charge < -0.3 is 10.2 Å². The lowest BCUT2D eigenvalue weighted by atomic mass is 10.0. The number of nitrogens with one attached hydrogen (secondary N) is 2. The molecule has 2 aliphatic heterocycles. The number of hydrogen-bond donors (Lipinski definition) is 2. The van der Waals surface area contributed by atoms with Gasteiger partial charge in [-0.3, -0.25) is 29.7 Å². The first-order valence-electron chi connectivity index (χ1n) is 14.0. The van der Waals surface area contributed by atoms with Gasteiger partial charge in [-0.05, 0) is 48.5 Å². The fraction of sp³-hybridized carbons (Fsp3) is 0.400. The molecule has 0 unspecified atom stereocenters. The molecule has 3 aromatic heterocycles. The smallest absolute Gasteiger partial charge is 0.276 e. The highest BCUT2D eigenvalue weighted by Gasteiger charge is 2.33. The summed E-state index contributed by atoms with van der Waals surface area (Å²) < 4.78 is 27.1. The fourth-order valence-electron chi connectivity index (χ4n) is 5.41. The average molecular weight is 561 g/mol. The number of aromatic amines is 1. The molecule has 0 atom stereocenters. The van der Waals surface area contributed by atoms with Crippen LogP contribution >= 0.6 is 0 Å². The minimum absolute atomic E-state index is 0.112. The molecule has 0 bridgehead atoms. The zero-order valence-corrected chi connectivity index (χ0v) is 23.1. The van der Waals surface area contributed by atoms with Crippen molar-refractivity contribution in [2.75, 3.05) is 51.6 Å². The number of fused-ring (bicyclic) bond motifs is 1. The average Bonchev–Trinajstić information content (AvgIpc) is 3.40. The summed E-state index contributed by atoms with van der Waals surface area (Å²) in [7, 11) is 2.14. The number of benzene rings is 1. The van der Waals surface area contributed by atoms with Crippen LogP contribution in [0.2, 0.25) is 0 Å². The van der Waals surface area contributed by atoms with Crippen molar-refractivity contribution in [1.29, 1.82) is 0 Å². The summed E-state index contributed by atoms with van der Waals surface area (Å²) in [6.45, 7) is 6.24. The van der Waals surface area contributed by atoms with E-state index in [9.17, 15) is 13.6 Å². The molecule has 9 nitrogen and oxygen atoms in total. The van der Waals surface area contributed by atoms with Crippen LogP contribution in [0.15, 0.2) is 55.0 Å². The highest BCUT2D eigenvalue weighted by atomic mass is 19.3. The second-order valence-corrected chi connectivity index (χ2v) is 11.1. The van der Waals surface area contributed by atoms with Crippen LogP contribution in [0, 0.1) is 0 Å². The Hall–Kier alpha value is -3.80. The number of piperazine rings is 1. The van der Waals surface area contributed by atoms with Gasteiger partial charge in [-0.1, -0.05) is 6.07 Å². The van der Waals surface area contributed by atoms with Gasteiger partial charge in [0.1, 0.15) is 0 Å². The lowest BCUT2D eigenvalue weighted by molar-refractivity contribution is -0.0566. The number of likely N-dealkylation sites (N-methyl/N-ethyl adjacent to an activating group) is 1. The predicted molar refractivity (Wildman–Crippen MR) is 154 cm³/mol. The van der Waals surface area contributed by atoms with E-state index in [1.807, 2.05) is 41.3 Å². The summed E-state index contributed by atoms with van der Waals surface area (Å²) in [4.78, 5) is 28.9. The molecule has 5 heterocycles. The van der Waals surface area contributed by atoms with Gasteiger partial charge >= 0.3 is 0 Å². The van der Waals surface area contributed by atoms with Gasteiger partial charge in [-0.25, -0.2) is 8.78 Å². The largest absolute Gasteiger partial charge is 0.319 e. The molecule has 11 heteroatoms. The number of amides is 1. The van der Waals surface area contributed by atoms with Crippen molar-refractivity contribution in [2.24, 2.45) is 0 Å². The van der Waals surface area contributed by atoms with Crippen molar-refractivity contribution in [3.05, 3.63) is 71.9 Å². The maximum absolute atomic E-state index is 13.5. The van der Waals surface area contributed by atoms with Crippen molar-refractivity contribution in [3.63, 3.8) is 0 Å². The van der Waals surface area contributed by atoms with E-state index in [-0.39, 0.29) is 18.7 Å². The van der Waals surface area contributed by atoms with Crippen LogP contribution in [0.4, 0.5) is 14.5 Å². The van der Waals surface area contributed by atoms with Crippen LogP contribution in [0.5, 0.6) is 0 Å². The zero-order valence-electron chi connectivity index (χ0n) is 23.1. The van der Waals surface area contributed by atoms with E-state index in [1.54, 1.807) is 18.6 Å². The Kier molecular flexibility index (Phi) is 7.74. The van der Waals surface area contributed by atoms with E-state index < -0.39 is 5.92 Å². The molecular formula is C30H34F2N8O. The molecule has 2 saturated heterocycles. The molecule has 214 valence electrons. The molecule has 2 fully saturated rings. The molecule has 1 amide bonds. The van der Waals surface area contributed by atoms with Crippen molar-refractivity contribution < 1.29 is 13.6 Å². The van der Waals surface area contributed by atoms with Gasteiger partial charge in [0.25, 0.3) is 11.8 Å². The number of pyridine rings is 2. The number of carbonyl (C=O) groups is 1. The van der Waals surface area contributed by atoms with E-state index >= 15 is 0 Å². The Morgan fingerprint density at radius 3 is 2.46 bits per heavy atom. The molecule has 6 rings (SSSR count). The molecular weight excluding hydrogens is 526 g/mol. The Morgan fingerprint density at radius 2 is 1.71 bits per heavy atom. The molecule has 0 saturated carbocycles. The number of carbonyl (C=O) groups excluding carboxylic acids is 1. The summed E-state index contributed by atoms with van der Waals surface area (Å²) in [5.41, 5.74) is 5.36. The van der Waals surface area contributed by atoms with Crippen molar-refractivity contribution in [2.45, 2.75) is 31.9 Å². The first-order chi connectivity index (χ1) is 19.8. The van der Waals surface area contributed by atoms with Gasteiger partial charge in [0.15, 0.2) is 5.69 Å². The van der Waals surface area contributed by atoms with Gasteiger partial charge in [0.2, 0.25) is 0 Å². The molecule has 2 aliphatic rings. The minimum atomic E-state index is -2.56. The Morgan fingerprint density at radius 1 is 0.927 bits per heavy atom. The maximum Gasteiger partial charge on any atom is 0.276 e. The quantitative estimate of drug-likeness (QED) is 0.349. The van der Waals surface area contributed by atoms with E-state index in [1.165, 1.54) is 0 Å². The highest BCUT2D eigenvalue weighted by Crippen LogP contribution is 2.30. The second kappa shape index (κ2) is 11.6. The van der Waals surface area contributed by atoms with E-state index in [2.05, 4.69) is 42.3 Å².